The van der Waals surface area contributed by atoms with Crippen molar-refractivity contribution in [3.05, 3.63) is 33.1 Å². The maximum atomic E-state index is 11.8. The van der Waals surface area contributed by atoms with E-state index in [4.69, 9.17) is 24.0 Å². The normalized spacial score (nSPS) is 29.6. The van der Waals surface area contributed by atoms with Crippen LogP contribution in [0.3, 0.4) is 0 Å². The van der Waals surface area contributed by atoms with Crippen molar-refractivity contribution in [2.45, 2.75) is 37.5 Å². The van der Waals surface area contributed by atoms with Gasteiger partial charge in [0.15, 0.2) is 18.4 Å². The summed E-state index contributed by atoms with van der Waals surface area (Å²) in [4.78, 5) is 43.0. The first-order valence-electron chi connectivity index (χ1n) is 6.53. The molecule has 1 fully saturated rings. The summed E-state index contributed by atoms with van der Waals surface area (Å²) >= 11 is 0. The van der Waals surface area contributed by atoms with Gasteiger partial charge in [-0.25, -0.2) is 4.79 Å². The molecule has 5 atom stereocenters. The summed E-state index contributed by atoms with van der Waals surface area (Å²) in [5, 5.41) is 10.1. The monoisotopic (exact) mass is 352 g/mol. The fourth-order valence-corrected chi connectivity index (χ4v) is 2.39. The van der Waals surface area contributed by atoms with Crippen LogP contribution in [0.1, 0.15) is 13.2 Å². The van der Waals surface area contributed by atoms with Crippen LogP contribution in [0.4, 0.5) is 0 Å². The molecule has 130 valence electrons. The van der Waals surface area contributed by atoms with E-state index >= 15 is 0 Å². The summed E-state index contributed by atoms with van der Waals surface area (Å²) in [5.41, 5.74) is -1.40. The number of hydrogen-bond acceptors (Lipinski definition) is 7. The van der Waals surface area contributed by atoms with E-state index in [9.17, 15) is 19.3 Å². The van der Waals surface area contributed by atoms with Gasteiger partial charge in [0.2, 0.25) is 0 Å². The van der Waals surface area contributed by atoms with Gasteiger partial charge >= 0.3 is 13.3 Å². The predicted octanol–water partition coefficient (Wildman–Crippen LogP) is -1.69. The third-order valence-electron chi connectivity index (χ3n) is 3.37. The van der Waals surface area contributed by atoms with E-state index in [1.165, 1.54) is 7.11 Å². The van der Waals surface area contributed by atoms with Crippen LogP contribution in [0.2, 0.25) is 0 Å². The average molecular weight is 352 g/mol. The van der Waals surface area contributed by atoms with Gasteiger partial charge in [-0.15, -0.1) is 0 Å². The average Bonchev–Trinajstić information content (AvgIpc) is 2.74. The molecule has 4 N–H and O–H groups in total. The lowest BCUT2D eigenvalue weighted by atomic mass is 10.2. The number of aliphatic hydroxyl groups excluding tert-OH is 1. The van der Waals surface area contributed by atoms with E-state index in [0.717, 1.165) is 23.8 Å². The van der Waals surface area contributed by atoms with Crippen molar-refractivity contribution in [2.75, 3.05) is 7.11 Å². The summed E-state index contributed by atoms with van der Waals surface area (Å²) in [6.07, 6.45) is -3.87. The summed E-state index contributed by atoms with van der Waals surface area (Å²) in [5.74, 6) is -1.52. The lowest BCUT2D eigenvalue weighted by Gasteiger charge is -2.21. The molecule has 0 aromatic carbocycles. The van der Waals surface area contributed by atoms with Crippen molar-refractivity contribution in [3.8, 4) is 0 Å². The molecule has 2 rings (SSSR count). The fraction of sp³-hybridized carbons (Fsp3) is 0.636. The van der Waals surface area contributed by atoms with Gasteiger partial charge < -0.3 is 29.1 Å². The second-order valence-corrected chi connectivity index (χ2v) is 6.83. The minimum absolute atomic E-state index is 0.610. The molecule has 0 amide bonds. The maximum absolute atomic E-state index is 11.8. The minimum atomic E-state index is -4.54. The van der Waals surface area contributed by atoms with Gasteiger partial charge in [-0.1, -0.05) is 0 Å². The van der Waals surface area contributed by atoms with Gasteiger partial charge in [-0.2, -0.15) is 0 Å². The quantitative estimate of drug-likeness (QED) is 0.453. The zero-order chi connectivity index (χ0) is 17.4. The Bertz CT molecular complexity index is 710. The fourth-order valence-electron chi connectivity index (χ4n) is 2.11. The van der Waals surface area contributed by atoms with Crippen molar-refractivity contribution in [2.24, 2.45) is 0 Å². The highest BCUT2D eigenvalue weighted by atomic mass is 31.2. The number of nitrogens with one attached hydrogen (secondary N) is 1. The maximum Gasteiger partial charge on any atom is 0.353 e. The number of aromatic nitrogens is 2. The molecule has 0 bridgehead atoms. The Morgan fingerprint density at radius 3 is 2.61 bits per heavy atom. The van der Waals surface area contributed by atoms with Crippen LogP contribution < -0.4 is 11.2 Å². The zero-order valence-corrected chi connectivity index (χ0v) is 13.1. The number of methoxy groups -OCH3 is 1. The molecular weight excluding hydrogens is 335 g/mol. The summed E-state index contributed by atoms with van der Waals surface area (Å²) in [6, 6.07) is 1.08. The highest BCUT2D eigenvalue weighted by Gasteiger charge is 2.48. The molecule has 1 aromatic rings. The zero-order valence-electron chi connectivity index (χ0n) is 12.2. The van der Waals surface area contributed by atoms with Crippen LogP contribution in [-0.4, -0.2) is 55.9 Å². The highest BCUT2D eigenvalue weighted by Crippen LogP contribution is 2.43. The van der Waals surface area contributed by atoms with Crippen molar-refractivity contribution in [1.29, 1.82) is 0 Å². The second kappa shape index (κ2) is 6.65. The Hall–Kier alpha value is -1.33. The molecule has 0 radical (unpaired) electrons. The van der Waals surface area contributed by atoms with Gasteiger partial charge in [0.05, 0.1) is 0 Å². The lowest BCUT2D eigenvalue weighted by molar-refractivity contribution is -0.185. The second-order valence-electron chi connectivity index (χ2n) is 4.93. The predicted molar refractivity (Wildman–Crippen MR) is 74.6 cm³/mol. The van der Waals surface area contributed by atoms with Crippen molar-refractivity contribution in [1.82, 2.24) is 9.55 Å². The number of H-pyrrole nitrogens is 1. The Morgan fingerprint density at radius 1 is 1.43 bits per heavy atom. The third-order valence-corrected chi connectivity index (χ3v) is 4.44. The number of rotatable bonds is 5. The Labute approximate surface area is 129 Å². The molecule has 0 saturated carbocycles. The van der Waals surface area contributed by atoms with Crippen LogP contribution in [0.15, 0.2) is 21.9 Å². The van der Waals surface area contributed by atoms with Crippen molar-refractivity contribution >= 4 is 7.60 Å². The van der Waals surface area contributed by atoms with Gasteiger partial charge in [0, 0.05) is 19.4 Å². The van der Waals surface area contributed by atoms with Crippen LogP contribution in [0.5, 0.6) is 0 Å². The molecule has 11 nitrogen and oxygen atoms in total. The van der Waals surface area contributed by atoms with E-state index in [2.05, 4.69) is 0 Å². The Balaban J connectivity index is 2.27. The first kappa shape index (κ1) is 18.0. The first-order chi connectivity index (χ1) is 10.6. The topological polar surface area (TPSA) is 160 Å². The van der Waals surface area contributed by atoms with E-state index < -0.39 is 49.4 Å². The van der Waals surface area contributed by atoms with Crippen LogP contribution in [-0.2, 0) is 18.8 Å². The van der Waals surface area contributed by atoms with Crippen LogP contribution in [0.25, 0.3) is 0 Å². The molecule has 23 heavy (non-hydrogen) atoms. The van der Waals surface area contributed by atoms with Gasteiger partial charge in [-0.3, -0.25) is 18.9 Å². The number of aliphatic hydroxyl groups is 1. The number of nitrogens with zero attached hydrogens (tertiary/aromatic N) is 1. The number of hydrogen-bond donors (Lipinski definition) is 4. The Morgan fingerprint density at radius 2 is 2.09 bits per heavy atom. The SMILES string of the molecule is CO[C@@H]1[C@H](O)[C@@H](OC(C)P(=O)(O)O)O[C@H]1n1ccc(=O)[nH]c1=O. The number of aromatic amines is 1. The largest absolute Gasteiger partial charge is 0.385 e. The van der Waals surface area contributed by atoms with Crippen molar-refractivity contribution in [3.63, 3.8) is 0 Å². The first-order valence-corrected chi connectivity index (χ1v) is 8.21. The van der Waals surface area contributed by atoms with E-state index in [-0.39, 0.29) is 0 Å². The molecule has 2 heterocycles. The summed E-state index contributed by atoms with van der Waals surface area (Å²) < 4.78 is 27.6. The molecule has 0 spiro atoms. The smallest absolute Gasteiger partial charge is 0.353 e. The minimum Gasteiger partial charge on any atom is -0.385 e. The summed E-state index contributed by atoms with van der Waals surface area (Å²) in [7, 11) is -3.28. The molecular formula is C11H17N2O9P. The van der Waals surface area contributed by atoms with E-state index in [1.54, 1.807) is 0 Å². The standard InChI is InChI=1S/C11H17N2O9P/c1-5(23(17,18)19)21-10-7(15)8(20-2)9(22-10)13-4-3-6(14)12-11(13)16/h3-5,7-10,15H,1-2H3,(H,12,14,16)(H2,17,18,19)/t5?,7-,8+,9+,10-/m0/s1. The molecule has 1 aromatic heterocycles. The van der Waals surface area contributed by atoms with E-state index in [1.807, 2.05) is 4.98 Å². The van der Waals surface area contributed by atoms with E-state index in [0.29, 0.717) is 0 Å². The molecule has 0 aliphatic carbocycles. The van der Waals surface area contributed by atoms with Gasteiger partial charge in [0.25, 0.3) is 5.56 Å². The lowest BCUT2D eigenvalue weighted by Crippen LogP contribution is -2.39. The molecule has 12 heteroatoms. The summed E-state index contributed by atoms with van der Waals surface area (Å²) in [6.45, 7) is 1.12. The number of ether oxygens (including phenoxy) is 3. The van der Waals surface area contributed by atoms with Gasteiger partial charge in [-0.05, 0) is 6.92 Å². The molecule has 1 unspecified atom stereocenters. The molecule has 1 saturated heterocycles. The third kappa shape index (κ3) is 3.78. The Kier molecular flexibility index (Phi) is 5.21. The highest BCUT2D eigenvalue weighted by molar-refractivity contribution is 7.52. The van der Waals surface area contributed by atoms with Crippen LogP contribution in [0, 0.1) is 0 Å². The van der Waals surface area contributed by atoms with Crippen LogP contribution >= 0.6 is 7.60 Å². The van der Waals surface area contributed by atoms with Crippen molar-refractivity contribution < 1.29 is 33.7 Å². The van der Waals surface area contributed by atoms with Gasteiger partial charge in [0.1, 0.15) is 12.2 Å². The molecule has 1 aliphatic rings. The molecule has 1 aliphatic heterocycles.